The van der Waals surface area contributed by atoms with Gasteiger partial charge in [0.25, 0.3) is 0 Å². The van der Waals surface area contributed by atoms with Gasteiger partial charge in [0.05, 0.1) is 17.7 Å². The van der Waals surface area contributed by atoms with Crippen LogP contribution in [0.1, 0.15) is 30.5 Å². The summed E-state index contributed by atoms with van der Waals surface area (Å²) in [5.41, 5.74) is -0.0904. The predicted octanol–water partition coefficient (Wildman–Crippen LogP) is 3.59. The van der Waals surface area contributed by atoms with E-state index in [0.717, 1.165) is 5.56 Å². The average molecular weight is 394 g/mol. The highest BCUT2D eigenvalue weighted by atomic mass is 19.4. The second-order valence-corrected chi connectivity index (χ2v) is 6.76. The molecule has 28 heavy (non-hydrogen) atoms. The first-order valence-corrected chi connectivity index (χ1v) is 8.94. The zero-order valence-electron chi connectivity index (χ0n) is 15.1. The van der Waals surface area contributed by atoms with Crippen LogP contribution in [0.15, 0.2) is 42.7 Å². The summed E-state index contributed by atoms with van der Waals surface area (Å²) in [5, 5.41) is 5.03. The maximum absolute atomic E-state index is 12.8. The summed E-state index contributed by atoms with van der Waals surface area (Å²) in [6, 6.07) is 10.7. The first-order chi connectivity index (χ1) is 13.4. The number of carbonyl (C=O) groups excluding carboxylic acids is 1. The second kappa shape index (κ2) is 8.45. The lowest BCUT2D eigenvalue weighted by atomic mass is 10.0. The Bertz CT molecular complexity index is 795. The van der Waals surface area contributed by atoms with Gasteiger partial charge in [-0.3, -0.25) is 0 Å². The van der Waals surface area contributed by atoms with E-state index in [0.29, 0.717) is 18.2 Å². The fourth-order valence-corrected chi connectivity index (χ4v) is 2.76. The number of hydrogen-bond acceptors (Lipinski definition) is 4. The van der Waals surface area contributed by atoms with E-state index in [1.807, 2.05) is 30.3 Å². The van der Waals surface area contributed by atoms with Crippen LogP contribution in [0.25, 0.3) is 0 Å². The minimum absolute atomic E-state index is 0.0272. The number of carbonyl (C=O) groups is 1. The fraction of sp³-hybridized carbons (Fsp3) is 0.421. The van der Waals surface area contributed by atoms with E-state index >= 15 is 0 Å². The molecule has 2 aromatic rings. The average Bonchev–Trinajstić information content (AvgIpc) is 3.47. The van der Waals surface area contributed by atoms with Crippen LogP contribution in [0.2, 0.25) is 0 Å². The summed E-state index contributed by atoms with van der Waals surface area (Å²) in [5.74, 6) is 0.372. The third-order valence-electron chi connectivity index (χ3n) is 4.70. The summed E-state index contributed by atoms with van der Waals surface area (Å²) in [6.45, 7) is 0.438. The SMILES string of the molecule is O=C(NCCC1(C(F)(F)F)CC1)NCc1cc(OCc2ccccc2)ncn1. The molecule has 0 atom stereocenters. The number of alkyl halides is 3. The lowest BCUT2D eigenvalue weighted by molar-refractivity contribution is -0.188. The first kappa shape index (κ1) is 19.9. The Morgan fingerprint density at radius 3 is 2.57 bits per heavy atom. The van der Waals surface area contributed by atoms with E-state index in [-0.39, 0.29) is 32.4 Å². The van der Waals surface area contributed by atoms with Gasteiger partial charge in [-0.05, 0) is 24.8 Å². The van der Waals surface area contributed by atoms with Crippen molar-refractivity contribution >= 4 is 6.03 Å². The molecule has 1 aliphatic rings. The number of halogens is 3. The molecule has 1 aromatic heterocycles. The van der Waals surface area contributed by atoms with Crippen LogP contribution in [-0.4, -0.2) is 28.7 Å². The van der Waals surface area contributed by atoms with Gasteiger partial charge in [0.1, 0.15) is 12.9 Å². The van der Waals surface area contributed by atoms with Crippen molar-refractivity contribution in [2.75, 3.05) is 6.54 Å². The Morgan fingerprint density at radius 1 is 1.14 bits per heavy atom. The third kappa shape index (κ3) is 5.34. The van der Waals surface area contributed by atoms with Crippen LogP contribution in [0, 0.1) is 5.41 Å². The Labute approximate surface area is 160 Å². The highest BCUT2D eigenvalue weighted by molar-refractivity contribution is 5.73. The normalized spacial score (nSPS) is 15.0. The Hall–Kier alpha value is -2.84. The highest BCUT2D eigenvalue weighted by Gasteiger charge is 2.62. The number of aromatic nitrogens is 2. The topological polar surface area (TPSA) is 76.1 Å². The second-order valence-electron chi connectivity index (χ2n) is 6.76. The zero-order chi connectivity index (χ0) is 20.0. The van der Waals surface area contributed by atoms with E-state index in [9.17, 15) is 18.0 Å². The number of ether oxygens (including phenoxy) is 1. The van der Waals surface area contributed by atoms with E-state index < -0.39 is 17.6 Å². The maximum Gasteiger partial charge on any atom is 0.394 e. The van der Waals surface area contributed by atoms with Crippen molar-refractivity contribution in [1.29, 1.82) is 0 Å². The molecule has 9 heteroatoms. The number of nitrogens with one attached hydrogen (secondary N) is 2. The van der Waals surface area contributed by atoms with Gasteiger partial charge in [-0.1, -0.05) is 30.3 Å². The van der Waals surface area contributed by atoms with Crippen LogP contribution in [0.4, 0.5) is 18.0 Å². The fourth-order valence-electron chi connectivity index (χ4n) is 2.76. The van der Waals surface area contributed by atoms with Gasteiger partial charge in [0.15, 0.2) is 0 Å². The smallest absolute Gasteiger partial charge is 0.394 e. The van der Waals surface area contributed by atoms with E-state index in [2.05, 4.69) is 20.6 Å². The van der Waals surface area contributed by atoms with Gasteiger partial charge >= 0.3 is 12.2 Å². The number of rotatable bonds is 8. The maximum atomic E-state index is 12.8. The molecule has 2 N–H and O–H groups in total. The van der Waals surface area contributed by atoms with Gasteiger partial charge in [0.2, 0.25) is 5.88 Å². The van der Waals surface area contributed by atoms with Crippen molar-refractivity contribution in [3.05, 3.63) is 54.0 Å². The molecule has 0 radical (unpaired) electrons. The monoisotopic (exact) mass is 394 g/mol. The van der Waals surface area contributed by atoms with Crippen LogP contribution in [0.5, 0.6) is 5.88 Å². The molecule has 3 rings (SSSR count). The molecule has 1 saturated carbocycles. The molecule has 0 unspecified atom stereocenters. The molecule has 150 valence electrons. The molecule has 0 aliphatic heterocycles. The summed E-state index contributed by atoms with van der Waals surface area (Å²) in [4.78, 5) is 19.9. The molecular weight excluding hydrogens is 373 g/mol. The van der Waals surface area contributed by atoms with Crippen molar-refractivity contribution < 1.29 is 22.7 Å². The first-order valence-electron chi connectivity index (χ1n) is 8.94. The summed E-state index contributed by atoms with van der Waals surface area (Å²) in [7, 11) is 0. The predicted molar refractivity (Wildman–Crippen MR) is 95.4 cm³/mol. The Morgan fingerprint density at radius 2 is 1.89 bits per heavy atom. The van der Waals surface area contributed by atoms with Crippen LogP contribution in [-0.2, 0) is 13.2 Å². The summed E-state index contributed by atoms with van der Waals surface area (Å²) in [6.07, 6.45) is -2.72. The van der Waals surface area contributed by atoms with Gasteiger partial charge in [-0.25, -0.2) is 14.8 Å². The molecule has 1 fully saturated rings. The molecule has 1 aliphatic carbocycles. The lowest BCUT2D eigenvalue weighted by Gasteiger charge is -2.19. The molecule has 0 bridgehead atoms. The van der Waals surface area contributed by atoms with Gasteiger partial charge < -0.3 is 15.4 Å². The summed E-state index contributed by atoms with van der Waals surface area (Å²) < 4.78 is 44.1. The lowest BCUT2D eigenvalue weighted by Crippen LogP contribution is -2.38. The molecule has 2 amide bonds. The van der Waals surface area contributed by atoms with Crippen molar-refractivity contribution in [1.82, 2.24) is 20.6 Å². The van der Waals surface area contributed by atoms with E-state index in [4.69, 9.17) is 4.74 Å². The molecule has 1 aromatic carbocycles. The Balaban J connectivity index is 1.40. The number of benzene rings is 1. The molecule has 0 spiro atoms. The van der Waals surface area contributed by atoms with Crippen LogP contribution in [0.3, 0.4) is 0 Å². The van der Waals surface area contributed by atoms with E-state index in [1.165, 1.54) is 6.33 Å². The van der Waals surface area contributed by atoms with Gasteiger partial charge in [-0.2, -0.15) is 13.2 Å². The zero-order valence-corrected chi connectivity index (χ0v) is 15.1. The highest BCUT2D eigenvalue weighted by Crippen LogP contribution is 2.59. The van der Waals surface area contributed by atoms with Gasteiger partial charge in [-0.15, -0.1) is 0 Å². The van der Waals surface area contributed by atoms with Crippen molar-refractivity contribution in [2.24, 2.45) is 5.41 Å². The van der Waals surface area contributed by atoms with Crippen LogP contribution < -0.4 is 15.4 Å². The summed E-state index contributed by atoms with van der Waals surface area (Å²) >= 11 is 0. The molecular formula is C19H21F3N4O2. The number of urea groups is 1. The molecule has 6 nitrogen and oxygen atoms in total. The minimum Gasteiger partial charge on any atom is -0.473 e. The van der Waals surface area contributed by atoms with E-state index in [1.54, 1.807) is 6.07 Å². The number of hydrogen-bond donors (Lipinski definition) is 2. The molecule has 1 heterocycles. The van der Waals surface area contributed by atoms with Crippen molar-refractivity contribution in [2.45, 2.75) is 38.6 Å². The quantitative estimate of drug-likeness (QED) is 0.718. The minimum atomic E-state index is -4.21. The largest absolute Gasteiger partial charge is 0.473 e. The third-order valence-corrected chi connectivity index (χ3v) is 4.70. The number of nitrogens with zero attached hydrogens (tertiary/aromatic N) is 2. The Kier molecular flexibility index (Phi) is 6.01. The van der Waals surface area contributed by atoms with Gasteiger partial charge in [0, 0.05) is 12.6 Å². The molecule has 0 saturated heterocycles. The van der Waals surface area contributed by atoms with Crippen molar-refractivity contribution in [3.63, 3.8) is 0 Å². The standard InChI is InChI=1S/C19H21F3N4O2/c20-19(21,22)18(6-7-18)8-9-23-17(27)24-11-15-10-16(26-13-25-15)28-12-14-4-2-1-3-5-14/h1-5,10,13H,6-9,11-12H2,(H2,23,24,27). The van der Waals surface area contributed by atoms with Crippen molar-refractivity contribution in [3.8, 4) is 5.88 Å². The number of amides is 2. The van der Waals surface area contributed by atoms with Crippen LogP contribution >= 0.6 is 0 Å².